The highest BCUT2D eigenvalue weighted by molar-refractivity contribution is 6.76. The van der Waals surface area contributed by atoms with Crippen LogP contribution < -0.4 is 0 Å². The minimum Gasteiger partial charge on any atom is -0.361 e. The van der Waals surface area contributed by atoms with Gasteiger partial charge in [-0.15, -0.1) is 0 Å². The van der Waals surface area contributed by atoms with Crippen LogP contribution in [0.2, 0.25) is 25.7 Å². The number of nitrogens with zero attached hydrogens (tertiary/aromatic N) is 4. The Hall–Kier alpha value is -1.34. The third kappa shape index (κ3) is 4.19. The number of likely N-dealkylation sites (tertiary alicyclic amines) is 1. The molecule has 1 aliphatic rings. The number of aromatic nitrogens is 2. The molecule has 1 aliphatic heterocycles. The van der Waals surface area contributed by atoms with Gasteiger partial charge >= 0.3 is 6.03 Å². The lowest BCUT2D eigenvalue weighted by Crippen LogP contribution is -2.60. The fraction of sp³-hybridized carbons (Fsp3) is 0.765. The number of ether oxygens (including phenoxy) is 1. The van der Waals surface area contributed by atoms with E-state index in [4.69, 9.17) is 4.74 Å². The van der Waals surface area contributed by atoms with Gasteiger partial charge in [0, 0.05) is 53.1 Å². The second-order valence-corrected chi connectivity index (χ2v) is 14.4. The molecule has 136 valence electrons. The molecule has 1 saturated heterocycles. The van der Waals surface area contributed by atoms with E-state index in [0.717, 1.165) is 25.0 Å². The molecule has 24 heavy (non-hydrogen) atoms. The van der Waals surface area contributed by atoms with E-state index >= 15 is 0 Å². The number of carbonyl (C=O) groups is 1. The average molecular weight is 353 g/mol. The SMILES string of the molecule is CN(C)C(=O)N1CC(C)(C)C1c1nccn1COCC[Si](C)(C)C. The molecule has 0 spiro atoms. The van der Waals surface area contributed by atoms with Crippen molar-refractivity contribution >= 4 is 14.1 Å². The molecule has 0 N–H and O–H groups in total. The van der Waals surface area contributed by atoms with Crippen LogP contribution in [0.3, 0.4) is 0 Å². The van der Waals surface area contributed by atoms with E-state index in [1.54, 1.807) is 25.2 Å². The summed E-state index contributed by atoms with van der Waals surface area (Å²) >= 11 is 0. The monoisotopic (exact) mass is 352 g/mol. The molecule has 0 aliphatic carbocycles. The largest absolute Gasteiger partial charge is 0.361 e. The topological polar surface area (TPSA) is 50.6 Å². The first kappa shape index (κ1) is 19.0. The number of rotatable bonds is 6. The summed E-state index contributed by atoms with van der Waals surface area (Å²) in [5.41, 5.74) is 0.0209. The fourth-order valence-corrected chi connectivity index (χ4v) is 3.83. The minimum atomic E-state index is -1.08. The second-order valence-electron chi connectivity index (χ2n) is 8.80. The molecule has 2 heterocycles. The smallest absolute Gasteiger partial charge is 0.320 e. The zero-order valence-electron chi connectivity index (χ0n) is 16.2. The van der Waals surface area contributed by atoms with Crippen LogP contribution in [0.5, 0.6) is 0 Å². The zero-order chi connectivity index (χ0) is 18.1. The highest BCUT2D eigenvalue weighted by Gasteiger charge is 2.51. The first-order valence-corrected chi connectivity index (χ1v) is 12.3. The van der Waals surface area contributed by atoms with Crippen molar-refractivity contribution in [1.29, 1.82) is 0 Å². The van der Waals surface area contributed by atoms with E-state index < -0.39 is 8.07 Å². The number of hydrogen-bond donors (Lipinski definition) is 0. The van der Waals surface area contributed by atoms with Gasteiger partial charge in [0.15, 0.2) is 0 Å². The van der Waals surface area contributed by atoms with Crippen molar-refractivity contribution in [3.63, 3.8) is 0 Å². The molecule has 1 aromatic rings. The Kier molecular flexibility index (Phi) is 5.44. The first-order chi connectivity index (χ1) is 11.0. The predicted molar refractivity (Wildman–Crippen MR) is 98.6 cm³/mol. The fourth-order valence-electron chi connectivity index (χ4n) is 3.07. The van der Waals surface area contributed by atoms with Crippen LogP contribution in [0.15, 0.2) is 12.4 Å². The summed E-state index contributed by atoms with van der Waals surface area (Å²) in [5.74, 6) is 0.912. The van der Waals surface area contributed by atoms with E-state index in [1.165, 1.54) is 0 Å². The average Bonchev–Trinajstić information content (AvgIpc) is 2.87. The van der Waals surface area contributed by atoms with Gasteiger partial charge in [-0.05, 0) is 6.04 Å². The molecule has 0 bridgehead atoms. The Bertz CT molecular complexity index is 577. The van der Waals surface area contributed by atoms with Gasteiger partial charge in [0.2, 0.25) is 0 Å². The van der Waals surface area contributed by atoms with Crippen molar-refractivity contribution in [2.24, 2.45) is 5.41 Å². The maximum atomic E-state index is 12.4. The van der Waals surface area contributed by atoms with Crippen LogP contribution in [0.25, 0.3) is 0 Å². The molecule has 0 radical (unpaired) electrons. The second kappa shape index (κ2) is 6.88. The Morgan fingerprint density at radius 1 is 1.42 bits per heavy atom. The van der Waals surface area contributed by atoms with Crippen molar-refractivity contribution in [1.82, 2.24) is 19.4 Å². The number of carbonyl (C=O) groups excluding carboxylic acids is 1. The Morgan fingerprint density at radius 3 is 2.62 bits per heavy atom. The highest BCUT2D eigenvalue weighted by Crippen LogP contribution is 2.48. The van der Waals surface area contributed by atoms with Gasteiger partial charge in [0.25, 0.3) is 0 Å². The summed E-state index contributed by atoms with van der Waals surface area (Å²) in [6.45, 7) is 13.4. The third-order valence-electron chi connectivity index (χ3n) is 4.48. The predicted octanol–water partition coefficient (Wildman–Crippen LogP) is 3.26. The normalized spacial score (nSPS) is 20.0. The molecule has 1 unspecified atom stereocenters. The quantitative estimate of drug-likeness (QED) is 0.583. The van der Waals surface area contributed by atoms with Crippen molar-refractivity contribution in [3.05, 3.63) is 18.2 Å². The standard InChI is InChI=1S/C17H32N4O2Si/c1-17(2)12-21(16(22)19(3)4)14(17)15-18-8-9-20(15)13-23-10-11-24(5,6)7/h8-9,14H,10-13H2,1-7H3. The number of hydrogen-bond acceptors (Lipinski definition) is 3. The lowest BCUT2D eigenvalue weighted by molar-refractivity contribution is -0.0351. The minimum absolute atomic E-state index is 0.0111. The summed E-state index contributed by atoms with van der Waals surface area (Å²) < 4.78 is 7.90. The van der Waals surface area contributed by atoms with Gasteiger partial charge in [-0.2, -0.15) is 0 Å². The summed E-state index contributed by atoms with van der Waals surface area (Å²) in [4.78, 5) is 20.4. The zero-order valence-corrected chi connectivity index (χ0v) is 17.2. The lowest BCUT2D eigenvalue weighted by atomic mass is 9.74. The Morgan fingerprint density at radius 2 is 2.08 bits per heavy atom. The van der Waals surface area contributed by atoms with Gasteiger partial charge in [-0.1, -0.05) is 33.5 Å². The molecule has 1 atom stereocenters. The van der Waals surface area contributed by atoms with E-state index in [-0.39, 0.29) is 17.5 Å². The van der Waals surface area contributed by atoms with E-state index in [1.807, 2.05) is 15.7 Å². The van der Waals surface area contributed by atoms with E-state index in [2.05, 4.69) is 38.5 Å². The van der Waals surface area contributed by atoms with Gasteiger partial charge in [-0.25, -0.2) is 9.78 Å². The molecular formula is C17H32N4O2Si. The highest BCUT2D eigenvalue weighted by atomic mass is 28.3. The van der Waals surface area contributed by atoms with E-state index in [9.17, 15) is 4.79 Å². The number of amides is 2. The molecule has 7 heteroatoms. The molecule has 0 saturated carbocycles. The molecule has 1 aromatic heterocycles. The molecule has 1 fully saturated rings. The molecule has 2 rings (SSSR count). The number of imidazole rings is 1. The van der Waals surface area contributed by atoms with Crippen molar-refractivity contribution in [2.75, 3.05) is 27.2 Å². The summed E-state index contributed by atoms with van der Waals surface area (Å²) in [5, 5.41) is 0. The van der Waals surface area contributed by atoms with Crippen LogP contribution in [0.4, 0.5) is 4.79 Å². The van der Waals surface area contributed by atoms with Gasteiger partial charge in [0.1, 0.15) is 12.6 Å². The van der Waals surface area contributed by atoms with Crippen LogP contribution in [0, 0.1) is 5.41 Å². The van der Waals surface area contributed by atoms with Gasteiger partial charge in [-0.3, -0.25) is 0 Å². The van der Waals surface area contributed by atoms with Crippen molar-refractivity contribution < 1.29 is 9.53 Å². The van der Waals surface area contributed by atoms with Crippen molar-refractivity contribution in [3.8, 4) is 0 Å². The van der Waals surface area contributed by atoms with E-state index in [0.29, 0.717) is 6.73 Å². The number of urea groups is 1. The van der Waals surface area contributed by atoms with Crippen LogP contribution in [-0.2, 0) is 11.5 Å². The van der Waals surface area contributed by atoms with Crippen LogP contribution in [-0.4, -0.2) is 60.7 Å². The molecular weight excluding hydrogens is 320 g/mol. The molecule has 0 aromatic carbocycles. The molecule has 6 nitrogen and oxygen atoms in total. The summed E-state index contributed by atoms with van der Waals surface area (Å²) in [6.07, 6.45) is 3.74. The van der Waals surface area contributed by atoms with Gasteiger partial charge < -0.3 is 19.1 Å². The lowest BCUT2D eigenvalue weighted by Gasteiger charge is -2.54. The van der Waals surface area contributed by atoms with Gasteiger partial charge in [0.05, 0.1) is 6.04 Å². The summed E-state index contributed by atoms with van der Waals surface area (Å²) in [6, 6.07) is 1.17. The molecule has 2 amide bonds. The Labute approximate surface area is 146 Å². The first-order valence-electron chi connectivity index (χ1n) is 8.60. The van der Waals surface area contributed by atoms with Crippen LogP contribution in [0.1, 0.15) is 25.7 Å². The maximum absolute atomic E-state index is 12.4. The third-order valence-corrected chi connectivity index (χ3v) is 6.18. The summed E-state index contributed by atoms with van der Waals surface area (Å²) in [7, 11) is 2.50. The Balaban J connectivity index is 2.06. The van der Waals surface area contributed by atoms with Crippen LogP contribution >= 0.6 is 0 Å². The maximum Gasteiger partial charge on any atom is 0.320 e. The van der Waals surface area contributed by atoms with Crippen molar-refractivity contribution in [2.45, 2.75) is 52.3 Å².